The van der Waals surface area contributed by atoms with Gasteiger partial charge in [0.2, 0.25) is 0 Å². The van der Waals surface area contributed by atoms with Crippen molar-refractivity contribution in [2.24, 2.45) is 0 Å². The van der Waals surface area contributed by atoms with Crippen LogP contribution in [0.15, 0.2) is 59.8 Å². The zero-order valence-corrected chi connectivity index (χ0v) is 16.7. The van der Waals surface area contributed by atoms with Crippen LogP contribution in [0.5, 0.6) is 0 Å². The minimum Gasteiger partial charge on any atom is -0.466 e. The third kappa shape index (κ3) is 4.33. The molecule has 2 aromatic carbocycles. The Morgan fingerprint density at radius 2 is 1.70 bits per heavy atom. The van der Waals surface area contributed by atoms with Crippen LogP contribution in [0, 0.1) is 0 Å². The molecule has 0 saturated carbocycles. The number of nitrogens with zero attached hydrogens (tertiary/aromatic N) is 1. The smallest absolute Gasteiger partial charge is 0.337 e. The largest absolute Gasteiger partial charge is 0.466 e. The van der Waals surface area contributed by atoms with Gasteiger partial charge in [-0.1, -0.05) is 24.3 Å². The maximum atomic E-state index is 12.7. The average Bonchev–Trinajstić information content (AvgIpc) is 3.08. The number of amides is 1. The predicted molar refractivity (Wildman–Crippen MR) is 110 cm³/mol. The first-order valence-electron chi connectivity index (χ1n) is 9.26. The Kier molecular flexibility index (Phi) is 6.48. The lowest BCUT2D eigenvalue weighted by Gasteiger charge is -2.15. The van der Waals surface area contributed by atoms with Crippen LogP contribution >= 0.6 is 0 Å². The normalized spacial score (nSPS) is 13.4. The van der Waals surface area contributed by atoms with Crippen LogP contribution in [0.1, 0.15) is 10.4 Å². The molecule has 0 bridgehead atoms. The Bertz CT molecular complexity index is 1010. The molecule has 30 heavy (non-hydrogen) atoms. The Balaban J connectivity index is 1.91. The van der Waals surface area contributed by atoms with Crippen molar-refractivity contribution in [1.29, 1.82) is 0 Å². The van der Waals surface area contributed by atoms with E-state index in [9.17, 15) is 14.4 Å². The summed E-state index contributed by atoms with van der Waals surface area (Å²) < 4.78 is 9.56. The van der Waals surface area contributed by atoms with Crippen LogP contribution in [0.4, 0.5) is 5.69 Å². The molecule has 0 unspecified atom stereocenters. The molecule has 0 spiro atoms. The number of hydrogen-bond donors (Lipinski definition) is 2. The SMILES string of the molecule is COC(=O)C1=C(Nc2cccc(-c3cccc(C(=O)OC)c3)c2)C(=O)N(CCO)C1. The van der Waals surface area contributed by atoms with Crippen molar-refractivity contribution in [3.8, 4) is 11.1 Å². The van der Waals surface area contributed by atoms with E-state index in [0.717, 1.165) is 11.1 Å². The van der Waals surface area contributed by atoms with E-state index >= 15 is 0 Å². The van der Waals surface area contributed by atoms with Gasteiger partial charge in [-0.25, -0.2) is 9.59 Å². The fourth-order valence-electron chi connectivity index (χ4n) is 3.21. The van der Waals surface area contributed by atoms with Crippen molar-refractivity contribution in [2.75, 3.05) is 39.2 Å². The molecule has 8 heteroatoms. The molecule has 1 aliphatic rings. The van der Waals surface area contributed by atoms with E-state index in [0.29, 0.717) is 11.3 Å². The van der Waals surface area contributed by atoms with Crippen LogP contribution < -0.4 is 5.32 Å². The second-order valence-corrected chi connectivity index (χ2v) is 6.57. The second kappa shape index (κ2) is 9.23. The molecule has 0 fully saturated rings. The highest BCUT2D eigenvalue weighted by atomic mass is 16.5. The first-order chi connectivity index (χ1) is 14.5. The van der Waals surface area contributed by atoms with Gasteiger partial charge in [0, 0.05) is 12.2 Å². The highest BCUT2D eigenvalue weighted by Gasteiger charge is 2.34. The molecule has 156 valence electrons. The summed E-state index contributed by atoms with van der Waals surface area (Å²) in [5.74, 6) is -1.42. The van der Waals surface area contributed by atoms with Gasteiger partial charge in [-0.05, 0) is 35.4 Å². The summed E-state index contributed by atoms with van der Waals surface area (Å²) in [6.45, 7) is -0.0281. The summed E-state index contributed by atoms with van der Waals surface area (Å²) in [6.07, 6.45) is 0. The molecule has 0 aliphatic carbocycles. The molecule has 0 radical (unpaired) electrons. The Hall–Kier alpha value is -3.65. The lowest BCUT2D eigenvalue weighted by atomic mass is 10.0. The fraction of sp³-hybridized carbons (Fsp3) is 0.227. The molecular weight excluding hydrogens is 388 g/mol. The first-order valence-corrected chi connectivity index (χ1v) is 9.26. The van der Waals surface area contributed by atoms with E-state index in [1.807, 2.05) is 12.1 Å². The molecule has 0 atom stereocenters. The maximum absolute atomic E-state index is 12.7. The summed E-state index contributed by atoms with van der Waals surface area (Å²) in [4.78, 5) is 38.0. The summed E-state index contributed by atoms with van der Waals surface area (Å²) in [6, 6.07) is 14.2. The molecule has 3 rings (SSSR count). The van der Waals surface area contributed by atoms with E-state index < -0.39 is 11.9 Å². The number of aliphatic hydroxyl groups excluding tert-OH is 1. The van der Waals surface area contributed by atoms with Gasteiger partial charge in [-0.2, -0.15) is 0 Å². The monoisotopic (exact) mass is 410 g/mol. The molecule has 0 aromatic heterocycles. The van der Waals surface area contributed by atoms with E-state index in [4.69, 9.17) is 14.6 Å². The number of hydrogen-bond acceptors (Lipinski definition) is 7. The number of nitrogens with one attached hydrogen (secondary N) is 1. The second-order valence-electron chi connectivity index (χ2n) is 6.57. The van der Waals surface area contributed by atoms with E-state index in [1.54, 1.807) is 36.4 Å². The van der Waals surface area contributed by atoms with Gasteiger partial charge >= 0.3 is 11.9 Å². The van der Waals surface area contributed by atoms with Crippen molar-refractivity contribution < 1.29 is 29.0 Å². The van der Waals surface area contributed by atoms with E-state index in [2.05, 4.69) is 5.32 Å². The highest BCUT2D eigenvalue weighted by molar-refractivity contribution is 6.08. The number of β-amino-alcohol motifs (C(OH)–C–C–N with tert-alkyl or cyclic N) is 1. The van der Waals surface area contributed by atoms with Crippen LogP contribution in [0.25, 0.3) is 11.1 Å². The number of aliphatic hydroxyl groups is 1. The lowest BCUT2D eigenvalue weighted by Crippen LogP contribution is -2.31. The first kappa shape index (κ1) is 21.1. The van der Waals surface area contributed by atoms with E-state index in [1.165, 1.54) is 19.1 Å². The maximum Gasteiger partial charge on any atom is 0.337 e. The minimum atomic E-state index is -0.603. The van der Waals surface area contributed by atoms with Crippen molar-refractivity contribution >= 4 is 23.5 Å². The predicted octanol–water partition coefficient (Wildman–Crippen LogP) is 1.81. The zero-order chi connectivity index (χ0) is 21.7. The highest BCUT2D eigenvalue weighted by Crippen LogP contribution is 2.27. The van der Waals surface area contributed by atoms with Crippen molar-refractivity contribution in [3.05, 3.63) is 65.4 Å². The number of esters is 2. The number of ether oxygens (including phenoxy) is 2. The van der Waals surface area contributed by atoms with Gasteiger partial charge in [-0.3, -0.25) is 4.79 Å². The Morgan fingerprint density at radius 3 is 2.37 bits per heavy atom. The fourth-order valence-corrected chi connectivity index (χ4v) is 3.21. The number of benzene rings is 2. The Labute approximate surface area is 173 Å². The van der Waals surface area contributed by atoms with Crippen molar-refractivity contribution in [1.82, 2.24) is 4.90 Å². The molecule has 2 N–H and O–H groups in total. The van der Waals surface area contributed by atoms with Gasteiger partial charge < -0.3 is 24.8 Å². The number of rotatable bonds is 7. The summed E-state index contributed by atoms with van der Waals surface area (Å²) in [5.41, 5.74) is 2.94. The average molecular weight is 410 g/mol. The van der Waals surface area contributed by atoms with Gasteiger partial charge in [0.25, 0.3) is 5.91 Å². The summed E-state index contributed by atoms with van der Waals surface area (Å²) in [7, 11) is 2.58. The van der Waals surface area contributed by atoms with Crippen LogP contribution in [-0.2, 0) is 19.1 Å². The third-order valence-electron chi connectivity index (χ3n) is 4.70. The van der Waals surface area contributed by atoms with Gasteiger partial charge in [0.05, 0.1) is 38.5 Å². The molecule has 1 heterocycles. The van der Waals surface area contributed by atoms with Gasteiger partial charge in [0.15, 0.2) is 0 Å². The summed E-state index contributed by atoms with van der Waals surface area (Å²) >= 11 is 0. The Morgan fingerprint density at radius 1 is 1.03 bits per heavy atom. The molecular formula is C22H22N2O6. The van der Waals surface area contributed by atoms with E-state index in [-0.39, 0.29) is 36.9 Å². The van der Waals surface area contributed by atoms with Gasteiger partial charge in [-0.15, -0.1) is 0 Å². The molecule has 1 aliphatic heterocycles. The number of methoxy groups -OCH3 is 2. The topological polar surface area (TPSA) is 105 Å². The van der Waals surface area contributed by atoms with Crippen LogP contribution in [-0.4, -0.2) is 61.8 Å². The number of carbonyl (C=O) groups is 3. The molecule has 1 amide bonds. The third-order valence-corrected chi connectivity index (χ3v) is 4.70. The standard InChI is InChI=1S/C22H22N2O6/c1-29-21(27)16-7-3-5-14(11-16)15-6-4-8-17(12-15)23-19-18(22(28)30-2)13-24(9-10-25)20(19)26/h3-8,11-12,23,25H,9-10,13H2,1-2H3. The molecule has 2 aromatic rings. The molecule has 8 nitrogen and oxygen atoms in total. The minimum absolute atomic E-state index is 0.0647. The van der Waals surface area contributed by atoms with Crippen LogP contribution in [0.3, 0.4) is 0 Å². The molecule has 0 saturated heterocycles. The summed E-state index contributed by atoms with van der Waals surface area (Å²) in [5, 5.41) is 12.2. The quantitative estimate of drug-likeness (QED) is 0.671. The number of anilines is 1. The number of carbonyl (C=O) groups excluding carboxylic acids is 3. The zero-order valence-electron chi connectivity index (χ0n) is 16.7. The van der Waals surface area contributed by atoms with Crippen molar-refractivity contribution in [2.45, 2.75) is 0 Å². The van der Waals surface area contributed by atoms with Gasteiger partial charge in [0.1, 0.15) is 5.70 Å². The lowest BCUT2D eigenvalue weighted by molar-refractivity contribution is -0.136. The van der Waals surface area contributed by atoms with Crippen molar-refractivity contribution in [3.63, 3.8) is 0 Å². The van der Waals surface area contributed by atoms with Crippen LogP contribution in [0.2, 0.25) is 0 Å².